The molecule has 1 aliphatic heterocycles. The molecule has 0 spiro atoms. The summed E-state index contributed by atoms with van der Waals surface area (Å²) in [6.07, 6.45) is 1.85. The van der Waals surface area contributed by atoms with Crippen LogP contribution < -0.4 is 11.1 Å². The Kier molecular flexibility index (Phi) is 5.98. The average Bonchev–Trinajstić information content (AvgIpc) is 2.59. The summed E-state index contributed by atoms with van der Waals surface area (Å²) in [5.74, 6) is 0.529. The smallest absolute Gasteiger partial charge is 0.312 e. The van der Waals surface area contributed by atoms with E-state index in [0.717, 1.165) is 12.8 Å². The van der Waals surface area contributed by atoms with Crippen molar-refractivity contribution < 1.29 is 14.7 Å². The van der Waals surface area contributed by atoms with Crippen LogP contribution in [0.5, 0.6) is 0 Å². The fourth-order valence-electron chi connectivity index (χ4n) is 3.36. The number of likely N-dealkylation sites (tertiary alicyclic amines) is 1. The van der Waals surface area contributed by atoms with Crippen LogP contribution in [0.4, 0.5) is 4.79 Å². The van der Waals surface area contributed by atoms with Gasteiger partial charge in [0.15, 0.2) is 0 Å². The predicted molar refractivity (Wildman–Crippen MR) is 87.8 cm³/mol. The number of rotatable bonds is 5. The number of nitrogens with zero attached hydrogens (tertiary/aromatic N) is 1. The van der Waals surface area contributed by atoms with Crippen molar-refractivity contribution in [3.05, 3.63) is 35.9 Å². The topological polar surface area (TPSA) is 95.7 Å². The molecule has 0 saturated carbocycles. The minimum absolute atomic E-state index is 0.267. The van der Waals surface area contributed by atoms with Gasteiger partial charge in [-0.05, 0) is 23.8 Å². The van der Waals surface area contributed by atoms with Crippen molar-refractivity contribution in [3.8, 4) is 0 Å². The summed E-state index contributed by atoms with van der Waals surface area (Å²) in [6.45, 7) is 2.93. The van der Waals surface area contributed by atoms with Crippen LogP contribution in [-0.4, -0.2) is 47.7 Å². The Morgan fingerprint density at radius 1 is 1.39 bits per heavy atom. The second kappa shape index (κ2) is 7.97. The van der Waals surface area contributed by atoms with Gasteiger partial charge in [0.2, 0.25) is 5.91 Å². The van der Waals surface area contributed by atoms with Gasteiger partial charge in [-0.3, -0.25) is 4.79 Å². The van der Waals surface area contributed by atoms with E-state index in [9.17, 15) is 14.7 Å². The molecule has 4 N–H and O–H groups in total. The lowest BCUT2D eigenvalue weighted by molar-refractivity contribution is -0.136. The molecule has 0 radical (unpaired) electrons. The fraction of sp³-hybridized carbons (Fsp3) is 0.529. The van der Waals surface area contributed by atoms with Crippen molar-refractivity contribution >= 4 is 11.9 Å². The first-order valence-corrected chi connectivity index (χ1v) is 8.07. The van der Waals surface area contributed by atoms with Crippen LogP contribution in [0.1, 0.15) is 31.2 Å². The molecule has 126 valence electrons. The van der Waals surface area contributed by atoms with Crippen molar-refractivity contribution in [2.45, 2.75) is 31.7 Å². The largest absolute Gasteiger partial charge is 0.394 e. The molecule has 0 aromatic heterocycles. The third-order valence-corrected chi connectivity index (χ3v) is 4.59. The second-order valence-corrected chi connectivity index (χ2v) is 6.00. The first-order valence-electron chi connectivity index (χ1n) is 8.07. The van der Waals surface area contributed by atoms with E-state index in [1.807, 2.05) is 18.2 Å². The number of nitrogens with one attached hydrogen (secondary N) is 1. The van der Waals surface area contributed by atoms with E-state index < -0.39 is 18.7 Å². The Balaban J connectivity index is 2.06. The molecule has 0 aliphatic carbocycles. The van der Waals surface area contributed by atoms with Gasteiger partial charge in [0, 0.05) is 13.1 Å². The molecule has 0 bridgehead atoms. The number of carbonyl (C=O) groups is 2. The number of piperidine rings is 1. The highest BCUT2D eigenvalue weighted by Gasteiger charge is 2.34. The minimum Gasteiger partial charge on any atom is -0.394 e. The molecular weight excluding hydrogens is 294 g/mol. The quantitative estimate of drug-likeness (QED) is 0.757. The van der Waals surface area contributed by atoms with Crippen molar-refractivity contribution in [2.75, 3.05) is 19.7 Å². The lowest BCUT2D eigenvalue weighted by Crippen LogP contribution is -2.54. The Labute approximate surface area is 136 Å². The van der Waals surface area contributed by atoms with Crippen LogP contribution in [-0.2, 0) is 4.79 Å². The summed E-state index contributed by atoms with van der Waals surface area (Å²) in [4.78, 5) is 25.1. The van der Waals surface area contributed by atoms with Crippen molar-refractivity contribution in [2.24, 2.45) is 11.7 Å². The monoisotopic (exact) mass is 319 g/mol. The fourth-order valence-corrected chi connectivity index (χ4v) is 3.36. The first kappa shape index (κ1) is 17.3. The van der Waals surface area contributed by atoms with E-state index in [-0.39, 0.29) is 5.91 Å². The van der Waals surface area contributed by atoms with Crippen molar-refractivity contribution in [3.63, 3.8) is 0 Å². The van der Waals surface area contributed by atoms with E-state index in [1.54, 1.807) is 4.90 Å². The number of amides is 3. The molecular formula is C17H25N3O3. The predicted octanol–water partition coefficient (Wildman–Crippen LogP) is 1.06. The van der Waals surface area contributed by atoms with Crippen molar-refractivity contribution in [1.29, 1.82) is 0 Å². The molecule has 1 heterocycles. The average molecular weight is 319 g/mol. The zero-order chi connectivity index (χ0) is 16.8. The third kappa shape index (κ3) is 4.22. The lowest BCUT2D eigenvalue weighted by atomic mass is 9.79. The van der Waals surface area contributed by atoms with Gasteiger partial charge in [-0.15, -0.1) is 0 Å². The molecule has 23 heavy (non-hydrogen) atoms. The van der Waals surface area contributed by atoms with E-state index >= 15 is 0 Å². The zero-order valence-corrected chi connectivity index (χ0v) is 13.4. The molecule has 3 unspecified atom stereocenters. The highest BCUT2D eigenvalue weighted by Crippen LogP contribution is 2.34. The number of benzene rings is 1. The Morgan fingerprint density at radius 2 is 2.09 bits per heavy atom. The number of hydrogen-bond acceptors (Lipinski definition) is 3. The van der Waals surface area contributed by atoms with Crippen molar-refractivity contribution in [1.82, 2.24) is 10.2 Å². The molecule has 1 aliphatic rings. The first-order chi connectivity index (χ1) is 11.1. The van der Waals surface area contributed by atoms with E-state index in [0.29, 0.717) is 24.9 Å². The molecule has 6 nitrogen and oxygen atoms in total. The standard InChI is InChI=1S/C17H25N3O3/c1-2-12-10-20(16(22)15(11-21)19-17(18)23)9-8-14(12)13-6-4-3-5-7-13/h3-7,12,14-15,21H,2,8-11H2,1H3,(H3,18,19,23). The Hall–Kier alpha value is -2.08. The third-order valence-electron chi connectivity index (χ3n) is 4.59. The second-order valence-electron chi connectivity index (χ2n) is 6.00. The number of nitrogens with two attached hydrogens (primary N) is 1. The van der Waals surface area contributed by atoms with Crippen LogP contribution in [0.3, 0.4) is 0 Å². The highest BCUT2D eigenvalue weighted by atomic mass is 16.3. The molecule has 6 heteroatoms. The Bertz CT molecular complexity index is 535. The maximum atomic E-state index is 12.5. The number of primary amides is 1. The summed E-state index contributed by atoms with van der Waals surface area (Å²) >= 11 is 0. The number of hydrogen-bond donors (Lipinski definition) is 3. The summed E-state index contributed by atoms with van der Waals surface area (Å²) in [7, 11) is 0. The lowest BCUT2D eigenvalue weighted by Gasteiger charge is -2.39. The van der Waals surface area contributed by atoms with Gasteiger partial charge in [0.1, 0.15) is 6.04 Å². The van der Waals surface area contributed by atoms with Gasteiger partial charge in [-0.25, -0.2) is 4.79 Å². The number of carbonyl (C=O) groups excluding carboxylic acids is 2. The van der Waals surface area contributed by atoms with Gasteiger partial charge in [0.05, 0.1) is 6.61 Å². The van der Waals surface area contributed by atoms with E-state index in [4.69, 9.17) is 5.73 Å². The van der Waals surface area contributed by atoms with Gasteiger partial charge in [-0.1, -0.05) is 43.7 Å². The molecule has 1 fully saturated rings. The highest BCUT2D eigenvalue weighted by molar-refractivity contribution is 5.86. The summed E-state index contributed by atoms with van der Waals surface area (Å²) in [5.41, 5.74) is 6.36. The van der Waals surface area contributed by atoms with E-state index in [2.05, 4.69) is 24.4 Å². The molecule has 1 saturated heterocycles. The molecule has 2 rings (SSSR count). The van der Waals surface area contributed by atoms with Crippen LogP contribution in [0.2, 0.25) is 0 Å². The summed E-state index contributed by atoms with van der Waals surface area (Å²) in [5, 5.41) is 11.6. The van der Waals surface area contributed by atoms with Gasteiger partial charge >= 0.3 is 6.03 Å². The zero-order valence-electron chi connectivity index (χ0n) is 13.4. The minimum atomic E-state index is -0.960. The molecule has 3 atom stereocenters. The molecule has 3 amide bonds. The van der Waals surface area contributed by atoms with Crippen LogP contribution in [0.15, 0.2) is 30.3 Å². The SMILES string of the molecule is CCC1CN(C(=O)C(CO)NC(N)=O)CCC1c1ccccc1. The Morgan fingerprint density at radius 3 is 2.65 bits per heavy atom. The number of aliphatic hydroxyl groups is 1. The molecule has 1 aromatic rings. The normalized spacial score (nSPS) is 22.4. The van der Waals surface area contributed by atoms with Gasteiger partial charge in [-0.2, -0.15) is 0 Å². The summed E-state index contributed by atoms with van der Waals surface area (Å²) in [6, 6.07) is 8.59. The van der Waals surface area contributed by atoms with Gasteiger partial charge in [0.25, 0.3) is 0 Å². The maximum absolute atomic E-state index is 12.5. The number of urea groups is 1. The van der Waals surface area contributed by atoms with Crippen LogP contribution >= 0.6 is 0 Å². The van der Waals surface area contributed by atoms with Crippen LogP contribution in [0, 0.1) is 5.92 Å². The van der Waals surface area contributed by atoms with Gasteiger partial charge < -0.3 is 21.1 Å². The van der Waals surface area contributed by atoms with E-state index in [1.165, 1.54) is 5.56 Å². The summed E-state index contributed by atoms with van der Waals surface area (Å²) < 4.78 is 0. The van der Waals surface area contributed by atoms with Crippen LogP contribution in [0.25, 0.3) is 0 Å². The number of aliphatic hydroxyl groups excluding tert-OH is 1. The maximum Gasteiger partial charge on any atom is 0.312 e. The molecule has 1 aromatic carbocycles.